The maximum Gasteiger partial charge on any atom is 0.272 e. The van der Waals surface area contributed by atoms with Gasteiger partial charge in [-0.05, 0) is 56.4 Å². The van der Waals surface area contributed by atoms with Crippen LogP contribution in [0.15, 0.2) is 42.7 Å². The Morgan fingerprint density at radius 1 is 1.23 bits per heavy atom. The van der Waals surface area contributed by atoms with E-state index in [4.69, 9.17) is 0 Å². The molecule has 1 unspecified atom stereocenters. The molecule has 0 bridgehead atoms. The van der Waals surface area contributed by atoms with E-state index in [0.717, 1.165) is 49.4 Å². The third-order valence-corrected chi connectivity index (χ3v) is 5.90. The first-order chi connectivity index (χ1) is 14.5. The van der Waals surface area contributed by atoms with Gasteiger partial charge in [0, 0.05) is 50.7 Å². The van der Waals surface area contributed by atoms with Crippen molar-refractivity contribution in [2.75, 3.05) is 13.1 Å². The smallest absolute Gasteiger partial charge is 0.272 e. The Morgan fingerprint density at radius 2 is 2.03 bits per heavy atom. The normalized spacial score (nSPS) is 16.8. The summed E-state index contributed by atoms with van der Waals surface area (Å²) in [6, 6.07) is 8.42. The maximum absolute atomic E-state index is 13.2. The highest BCUT2D eigenvalue weighted by atomic mass is 19.1. The molecular formula is C23H28FN5O. The molecule has 4 rings (SSSR count). The Balaban J connectivity index is 1.45. The molecule has 1 aliphatic rings. The number of hydrogen-bond acceptors (Lipinski definition) is 3. The van der Waals surface area contributed by atoms with Crippen LogP contribution in [0, 0.1) is 18.7 Å². The van der Waals surface area contributed by atoms with Gasteiger partial charge in [-0.2, -0.15) is 5.10 Å². The molecule has 1 atom stereocenters. The average Bonchev–Trinajstić information content (AvgIpc) is 3.37. The highest BCUT2D eigenvalue weighted by Crippen LogP contribution is 2.23. The fourth-order valence-electron chi connectivity index (χ4n) is 4.26. The van der Waals surface area contributed by atoms with Gasteiger partial charge in [0.1, 0.15) is 17.3 Å². The molecule has 3 aromatic rings. The van der Waals surface area contributed by atoms with E-state index in [-0.39, 0.29) is 11.7 Å². The van der Waals surface area contributed by atoms with E-state index in [1.54, 1.807) is 16.9 Å². The lowest BCUT2D eigenvalue weighted by atomic mass is 9.94. The first-order valence-electron chi connectivity index (χ1n) is 10.6. The highest BCUT2D eigenvalue weighted by molar-refractivity contribution is 5.92. The van der Waals surface area contributed by atoms with Gasteiger partial charge in [-0.3, -0.25) is 9.48 Å². The van der Waals surface area contributed by atoms with E-state index in [2.05, 4.69) is 14.6 Å². The van der Waals surface area contributed by atoms with Crippen molar-refractivity contribution < 1.29 is 9.18 Å². The van der Waals surface area contributed by atoms with Crippen molar-refractivity contribution in [3.8, 4) is 0 Å². The molecule has 3 heterocycles. The van der Waals surface area contributed by atoms with Crippen molar-refractivity contribution >= 4 is 5.91 Å². The van der Waals surface area contributed by atoms with Gasteiger partial charge >= 0.3 is 0 Å². The van der Waals surface area contributed by atoms with Crippen molar-refractivity contribution in [1.82, 2.24) is 24.2 Å². The zero-order valence-corrected chi connectivity index (χ0v) is 17.6. The lowest BCUT2D eigenvalue weighted by Crippen LogP contribution is -2.41. The van der Waals surface area contributed by atoms with Crippen molar-refractivity contribution in [1.29, 1.82) is 0 Å². The summed E-state index contributed by atoms with van der Waals surface area (Å²) in [6.07, 6.45) is 6.48. The molecule has 0 radical (unpaired) electrons. The minimum absolute atomic E-state index is 0.0601. The van der Waals surface area contributed by atoms with Gasteiger partial charge in [0.2, 0.25) is 0 Å². The van der Waals surface area contributed by atoms with E-state index in [1.807, 2.05) is 37.1 Å². The molecule has 0 N–H and O–H groups in total. The van der Waals surface area contributed by atoms with Crippen LogP contribution in [0.4, 0.5) is 4.39 Å². The number of amides is 1. The summed E-state index contributed by atoms with van der Waals surface area (Å²) in [5.41, 5.74) is 2.80. The van der Waals surface area contributed by atoms with Crippen LogP contribution >= 0.6 is 0 Å². The van der Waals surface area contributed by atoms with Gasteiger partial charge in [0.05, 0.1) is 0 Å². The average molecular weight is 410 g/mol. The number of halogens is 1. The lowest BCUT2D eigenvalue weighted by Gasteiger charge is -2.33. The minimum atomic E-state index is -0.224. The van der Waals surface area contributed by atoms with Crippen LogP contribution in [-0.4, -0.2) is 43.2 Å². The van der Waals surface area contributed by atoms with E-state index in [1.165, 1.54) is 12.1 Å². The summed E-state index contributed by atoms with van der Waals surface area (Å²) < 4.78 is 17.2. The second-order valence-corrected chi connectivity index (χ2v) is 8.02. The first kappa shape index (κ1) is 20.3. The quantitative estimate of drug-likeness (QED) is 0.624. The van der Waals surface area contributed by atoms with E-state index in [0.29, 0.717) is 24.7 Å². The molecule has 158 valence electrons. The Kier molecular flexibility index (Phi) is 5.97. The fourth-order valence-corrected chi connectivity index (χ4v) is 4.26. The minimum Gasteiger partial charge on any atom is -0.337 e. The second-order valence-electron chi connectivity index (χ2n) is 8.02. The Hall–Kier alpha value is -2.96. The highest BCUT2D eigenvalue weighted by Gasteiger charge is 2.27. The number of carbonyl (C=O) groups is 1. The number of likely N-dealkylation sites (tertiary alicyclic amines) is 1. The molecule has 30 heavy (non-hydrogen) atoms. The predicted molar refractivity (Wildman–Crippen MR) is 113 cm³/mol. The maximum atomic E-state index is 13.2. The summed E-state index contributed by atoms with van der Waals surface area (Å²) >= 11 is 0. The van der Waals surface area contributed by atoms with Gasteiger partial charge in [-0.25, -0.2) is 9.37 Å². The molecule has 1 amide bonds. The van der Waals surface area contributed by atoms with Crippen LogP contribution in [0.25, 0.3) is 0 Å². The van der Waals surface area contributed by atoms with Gasteiger partial charge in [0.15, 0.2) is 0 Å². The summed E-state index contributed by atoms with van der Waals surface area (Å²) in [5.74, 6) is 1.23. The summed E-state index contributed by atoms with van der Waals surface area (Å²) in [5, 5.41) is 4.23. The zero-order valence-electron chi connectivity index (χ0n) is 17.6. The summed E-state index contributed by atoms with van der Waals surface area (Å²) in [6.45, 7) is 6.91. The lowest BCUT2D eigenvalue weighted by molar-refractivity contribution is 0.0659. The predicted octanol–water partition coefficient (Wildman–Crippen LogP) is 3.69. The number of rotatable bonds is 6. The third-order valence-electron chi connectivity index (χ3n) is 5.90. The van der Waals surface area contributed by atoms with E-state index in [9.17, 15) is 9.18 Å². The van der Waals surface area contributed by atoms with Crippen molar-refractivity contribution in [2.45, 2.75) is 46.2 Å². The van der Waals surface area contributed by atoms with Crippen LogP contribution in [-0.2, 0) is 19.5 Å². The molecule has 0 saturated carbocycles. The topological polar surface area (TPSA) is 56.0 Å². The number of aryl methyl sites for hydroxylation is 2. The molecule has 0 aliphatic carbocycles. The third kappa shape index (κ3) is 4.30. The van der Waals surface area contributed by atoms with Crippen molar-refractivity contribution in [2.24, 2.45) is 5.92 Å². The molecule has 7 heteroatoms. The largest absolute Gasteiger partial charge is 0.337 e. The molecule has 1 aromatic carbocycles. The number of aromatic nitrogens is 4. The van der Waals surface area contributed by atoms with Crippen molar-refractivity contribution in [3.05, 3.63) is 71.3 Å². The summed E-state index contributed by atoms with van der Waals surface area (Å²) in [4.78, 5) is 19.6. The first-order valence-corrected chi connectivity index (χ1v) is 10.6. The molecule has 1 saturated heterocycles. The number of hydrogen-bond donors (Lipinski definition) is 0. The number of benzene rings is 1. The molecule has 0 spiro atoms. The second kappa shape index (κ2) is 8.81. The Morgan fingerprint density at radius 3 is 2.80 bits per heavy atom. The van der Waals surface area contributed by atoms with Gasteiger partial charge in [-0.1, -0.05) is 12.1 Å². The molecule has 2 aromatic heterocycles. The van der Waals surface area contributed by atoms with Crippen LogP contribution < -0.4 is 0 Å². The number of nitrogens with zero attached hydrogens (tertiary/aromatic N) is 5. The standard InChI is InChI=1S/C23H28FN5O/c1-3-29-21(10-11-26-29)23(30)27-12-4-5-19(15-27)13-22-25-14-17(2)28(22)16-18-6-8-20(24)9-7-18/h6-11,14,19H,3-5,12-13,15-16H2,1-2H3. The Bertz CT molecular complexity index is 1010. The van der Waals surface area contributed by atoms with Gasteiger partial charge in [-0.15, -0.1) is 0 Å². The van der Waals surface area contributed by atoms with Crippen LogP contribution in [0.1, 0.15) is 47.3 Å². The van der Waals surface area contributed by atoms with Crippen LogP contribution in [0.2, 0.25) is 0 Å². The SMILES string of the molecule is CCn1nccc1C(=O)N1CCCC(Cc2ncc(C)n2Cc2ccc(F)cc2)C1. The van der Waals surface area contributed by atoms with Crippen molar-refractivity contribution in [3.63, 3.8) is 0 Å². The van der Waals surface area contributed by atoms with E-state index < -0.39 is 0 Å². The molecule has 6 nitrogen and oxygen atoms in total. The summed E-state index contributed by atoms with van der Waals surface area (Å²) in [7, 11) is 0. The Labute approximate surface area is 176 Å². The number of imidazole rings is 1. The van der Waals surface area contributed by atoms with E-state index >= 15 is 0 Å². The zero-order chi connectivity index (χ0) is 21.1. The molecule has 1 fully saturated rings. The van der Waals surface area contributed by atoms with Gasteiger partial charge < -0.3 is 9.47 Å². The molecular weight excluding hydrogens is 381 g/mol. The molecule has 1 aliphatic heterocycles. The van der Waals surface area contributed by atoms with Crippen LogP contribution in [0.3, 0.4) is 0 Å². The fraction of sp³-hybridized carbons (Fsp3) is 0.435. The monoisotopic (exact) mass is 409 g/mol. The van der Waals surface area contributed by atoms with Gasteiger partial charge in [0.25, 0.3) is 5.91 Å². The number of piperidine rings is 1. The number of carbonyl (C=O) groups excluding carboxylic acids is 1. The van der Waals surface area contributed by atoms with Crippen LogP contribution in [0.5, 0.6) is 0 Å².